The van der Waals surface area contributed by atoms with E-state index in [1.807, 2.05) is 48.5 Å². The van der Waals surface area contributed by atoms with Crippen LogP contribution in [0.2, 0.25) is 0 Å². The molecule has 1 heterocycles. The number of ether oxygens (including phenoxy) is 2. The van der Waals surface area contributed by atoms with Crippen molar-refractivity contribution >= 4 is 33.1 Å². The number of thiazole rings is 1. The molecule has 0 saturated carbocycles. The van der Waals surface area contributed by atoms with Crippen LogP contribution in [0.25, 0.3) is 20.8 Å². The Morgan fingerprint density at radius 3 is 2.48 bits per heavy atom. The van der Waals surface area contributed by atoms with Crippen molar-refractivity contribution in [3.63, 3.8) is 0 Å². The van der Waals surface area contributed by atoms with Gasteiger partial charge in [0.1, 0.15) is 16.5 Å². The fourth-order valence-electron chi connectivity index (χ4n) is 3.17. The molecule has 6 heteroatoms. The predicted molar refractivity (Wildman–Crippen MR) is 126 cm³/mol. The Bertz CT molecular complexity index is 1170. The number of hydrogen-bond acceptors (Lipinski definition) is 5. The van der Waals surface area contributed by atoms with Crippen LogP contribution in [-0.2, 0) is 4.79 Å². The second kappa shape index (κ2) is 9.62. The first kappa shape index (κ1) is 20.9. The third-order valence-electron chi connectivity index (χ3n) is 4.84. The highest BCUT2D eigenvalue weighted by molar-refractivity contribution is 7.21. The number of amides is 1. The molecule has 158 valence electrons. The van der Waals surface area contributed by atoms with E-state index in [9.17, 15) is 4.79 Å². The number of nitrogens with one attached hydrogen (secondary N) is 1. The van der Waals surface area contributed by atoms with Gasteiger partial charge in [-0.05, 0) is 79.6 Å². The van der Waals surface area contributed by atoms with Crippen molar-refractivity contribution in [2.75, 3.05) is 19.0 Å². The summed E-state index contributed by atoms with van der Waals surface area (Å²) in [6.45, 7) is 2.57. The molecule has 0 radical (unpaired) electrons. The molecular formula is C25H24N2O3S. The van der Waals surface area contributed by atoms with E-state index < -0.39 is 0 Å². The zero-order valence-corrected chi connectivity index (χ0v) is 18.4. The maximum atomic E-state index is 12.2. The highest BCUT2D eigenvalue weighted by Gasteiger charge is 2.08. The number of carbonyl (C=O) groups excluding carboxylic acids is 1. The van der Waals surface area contributed by atoms with E-state index >= 15 is 0 Å². The molecule has 0 spiro atoms. The van der Waals surface area contributed by atoms with Crippen LogP contribution < -0.4 is 14.8 Å². The van der Waals surface area contributed by atoms with E-state index in [2.05, 4.69) is 30.4 Å². The molecule has 0 aliphatic carbocycles. The van der Waals surface area contributed by atoms with Gasteiger partial charge in [0.15, 0.2) is 0 Å². The highest BCUT2D eigenvalue weighted by atomic mass is 32.1. The molecule has 1 aromatic heterocycles. The molecule has 5 nitrogen and oxygen atoms in total. The van der Waals surface area contributed by atoms with Crippen molar-refractivity contribution in [3.8, 4) is 22.1 Å². The SMILES string of the molecule is COc1ccc(OCCCC(=O)Nc2ccc(-c3nc4ccc(C)cc4s3)cc2)cc1. The van der Waals surface area contributed by atoms with Gasteiger partial charge in [-0.15, -0.1) is 11.3 Å². The summed E-state index contributed by atoms with van der Waals surface area (Å²) < 4.78 is 12.0. The normalized spacial score (nSPS) is 10.8. The Labute approximate surface area is 185 Å². The summed E-state index contributed by atoms with van der Waals surface area (Å²) in [5.41, 5.74) is 4.07. The first-order chi connectivity index (χ1) is 15.1. The summed E-state index contributed by atoms with van der Waals surface area (Å²) in [5.74, 6) is 1.53. The Balaban J connectivity index is 1.26. The average Bonchev–Trinajstić information content (AvgIpc) is 3.21. The molecule has 4 rings (SSSR count). The third kappa shape index (κ3) is 5.41. The lowest BCUT2D eigenvalue weighted by Gasteiger charge is -2.08. The molecule has 0 aliphatic heterocycles. The van der Waals surface area contributed by atoms with E-state index in [1.54, 1.807) is 18.4 Å². The molecule has 1 N–H and O–H groups in total. The average molecular weight is 433 g/mol. The molecule has 0 bridgehead atoms. The van der Waals surface area contributed by atoms with E-state index in [-0.39, 0.29) is 5.91 Å². The Kier molecular flexibility index (Phi) is 6.48. The lowest BCUT2D eigenvalue weighted by molar-refractivity contribution is -0.116. The van der Waals surface area contributed by atoms with Gasteiger partial charge in [-0.1, -0.05) is 6.07 Å². The minimum Gasteiger partial charge on any atom is -0.497 e. The lowest BCUT2D eigenvalue weighted by atomic mass is 10.2. The van der Waals surface area contributed by atoms with Crippen molar-refractivity contribution < 1.29 is 14.3 Å². The van der Waals surface area contributed by atoms with Crippen LogP contribution in [0.4, 0.5) is 5.69 Å². The number of aromatic nitrogens is 1. The molecule has 0 fully saturated rings. The summed E-state index contributed by atoms with van der Waals surface area (Å²) in [7, 11) is 1.63. The molecule has 31 heavy (non-hydrogen) atoms. The maximum Gasteiger partial charge on any atom is 0.224 e. The summed E-state index contributed by atoms with van der Waals surface area (Å²) in [6, 6.07) is 21.5. The second-order valence-electron chi connectivity index (χ2n) is 7.24. The molecule has 4 aromatic rings. The molecule has 0 saturated heterocycles. The number of methoxy groups -OCH3 is 1. The predicted octanol–water partition coefficient (Wildman–Crippen LogP) is 6.08. The van der Waals surface area contributed by atoms with Crippen LogP contribution in [0.5, 0.6) is 11.5 Å². The number of fused-ring (bicyclic) bond motifs is 1. The zero-order chi connectivity index (χ0) is 21.6. The van der Waals surface area contributed by atoms with E-state index in [0.717, 1.165) is 33.3 Å². The quantitative estimate of drug-likeness (QED) is 0.343. The fraction of sp³-hybridized carbons (Fsp3) is 0.200. The topological polar surface area (TPSA) is 60.5 Å². The van der Waals surface area contributed by atoms with Crippen LogP contribution in [0.15, 0.2) is 66.7 Å². The first-order valence-electron chi connectivity index (χ1n) is 10.1. The van der Waals surface area contributed by atoms with Crippen molar-refractivity contribution in [1.29, 1.82) is 0 Å². The van der Waals surface area contributed by atoms with Gasteiger partial charge in [0.25, 0.3) is 0 Å². The molecule has 0 aliphatic rings. The van der Waals surface area contributed by atoms with Crippen molar-refractivity contribution in [3.05, 3.63) is 72.3 Å². The van der Waals surface area contributed by atoms with Gasteiger partial charge in [-0.3, -0.25) is 4.79 Å². The third-order valence-corrected chi connectivity index (χ3v) is 5.90. The number of aryl methyl sites for hydroxylation is 1. The van der Waals surface area contributed by atoms with E-state index in [1.165, 1.54) is 10.3 Å². The number of hydrogen-bond donors (Lipinski definition) is 1. The van der Waals surface area contributed by atoms with Crippen molar-refractivity contribution in [2.24, 2.45) is 0 Å². The van der Waals surface area contributed by atoms with Gasteiger partial charge in [0, 0.05) is 17.7 Å². The van der Waals surface area contributed by atoms with Gasteiger partial charge in [0.2, 0.25) is 5.91 Å². The van der Waals surface area contributed by atoms with Gasteiger partial charge < -0.3 is 14.8 Å². The number of carbonyl (C=O) groups is 1. The second-order valence-corrected chi connectivity index (χ2v) is 8.27. The van der Waals surface area contributed by atoms with Gasteiger partial charge in [0.05, 0.1) is 23.9 Å². The maximum absolute atomic E-state index is 12.2. The first-order valence-corrected chi connectivity index (χ1v) is 11.0. The largest absolute Gasteiger partial charge is 0.497 e. The highest BCUT2D eigenvalue weighted by Crippen LogP contribution is 2.31. The Hall–Kier alpha value is -3.38. The van der Waals surface area contributed by atoms with Crippen molar-refractivity contribution in [2.45, 2.75) is 19.8 Å². The summed E-state index contributed by atoms with van der Waals surface area (Å²) in [5, 5.41) is 3.92. The Morgan fingerprint density at radius 1 is 1.00 bits per heavy atom. The number of anilines is 1. The minimum absolute atomic E-state index is 0.0263. The number of rotatable bonds is 8. The van der Waals surface area contributed by atoms with Crippen LogP contribution in [-0.4, -0.2) is 24.6 Å². The van der Waals surface area contributed by atoms with Gasteiger partial charge in [-0.25, -0.2) is 4.98 Å². The smallest absolute Gasteiger partial charge is 0.224 e. The van der Waals surface area contributed by atoms with Crippen LogP contribution in [0.1, 0.15) is 18.4 Å². The molecule has 0 unspecified atom stereocenters. The zero-order valence-electron chi connectivity index (χ0n) is 17.6. The lowest BCUT2D eigenvalue weighted by Crippen LogP contribution is -2.12. The minimum atomic E-state index is -0.0263. The molecule has 3 aromatic carbocycles. The van der Waals surface area contributed by atoms with E-state index in [4.69, 9.17) is 14.5 Å². The fourth-order valence-corrected chi connectivity index (χ4v) is 4.24. The van der Waals surface area contributed by atoms with Crippen molar-refractivity contribution in [1.82, 2.24) is 4.98 Å². The number of benzene rings is 3. The molecular weight excluding hydrogens is 408 g/mol. The van der Waals surface area contributed by atoms with Crippen LogP contribution in [0, 0.1) is 6.92 Å². The number of nitrogens with zero attached hydrogens (tertiary/aromatic N) is 1. The summed E-state index contributed by atoms with van der Waals surface area (Å²) in [4.78, 5) is 16.9. The van der Waals surface area contributed by atoms with E-state index in [0.29, 0.717) is 19.4 Å². The van der Waals surface area contributed by atoms with Gasteiger partial charge in [-0.2, -0.15) is 0 Å². The summed E-state index contributed by atoms with van der Waals surface area (Å²) >= 11 is 1.68. The van der Waals surface area contributed by atoms with Crippen LogP contribution >= 0.6 is 11.3 Å². The monoisotopic (exact) mass is 432 g/mol. The van der Waals surface area contributed by atoms with Crippen LogP contribution in [0.3, 0.4) is 0 Å². The summed E-state index contributed by atoms with van der Waals surface area (Å²) in [6.07, 6.45) is 1.04. The standard InChI is InChI=1S/C25H24N2O3S/c1-17-5-14-22-23(16-17)31-25(27-22)18-6-8-19(9-7-18)26-24(28)4-3-15-30-21-12-10-20(29-2)11-13-21/h5-14,16H,3-4,15H2,1-2H3,(H,26,28). The molecule has 0 atom stereocenters. The van der Waals surface area contributed by atoms with Gasteiger partial charge >= 0.3 is 0 Å². The molecule has 1 amide bonds. The Morgan fingerprint density at radius 2 is 1.74 bits per heavy atom.